The predicted octanol–water partition coefficient (Wildman–Crippen LogP) is 1.93. The summed E-state index contributed by atoms with van der Waals surface area (Å²) in [6.45, 7) is 0.952. The van der Waals surface area contributed by atoms with E-state index in [1.807, 2.05) is 19.2 Å². The molecule has 5 nitrogen and oxygen atoms in total. The molecule has 0 aliphatic rings. The number of nitrogens with zero attached hydrogens (tertiary/aromatic N) is 1. The summed E-state index contributed by atoms with van der Waals surface area (Å²) in [6.07, 6.45) is 0.296. The highest BCUT2D eigenvalue weighted by Gasteiger charge is 2.13. The van der Waals surface area contributed by atoms with Gasteiger partial charge in [-0.05, 0) is 24.7 Å². The van der Waals surface area contributed by atoms with Crippen LogP contribution in [0.1, 0.15) is 12.0 Å². The van der Waals surface area contributed by atoms with Gasteiger partial charge in [-0.25, -0.2) is 0 Å². The van der Waals surface area contributed by atoms with Crippen molar-refractivity contribution in [1.82, 2.24) is 10.2 Å². The molecule has 0 radical (unpaired) electrons. The third-order valence-electron chi connectivity index (χ3n) is 2.73. The van der Waals surface area contributed by atoms with Crippen molar-refractivity contribution in [3.63, 3.8) is 0 Å². The number of hydrogen-bond donors (Lipinski definition) is 1. The van der Waals surface area contributed by atoms with E-state index in [9.17, 15) is 4.79 Å². The first-order valence-electron chi connectivity index (χ1n) is 6.33. The summed E-state index contributed by atoms with van der Waals surface area (Å²) in [4.78, 5) is 13.0. The quantitative estimate of drug-likeness (QED) is 0.836. The first-order chi connectivity index (χ1) is 9.49. The average Bonchev–Trinajstić information content (AvgIpc) is 2.40. The van der Waals surface area contributed by atoms with Crippen molar-refractivity contribution in [2.24, 2.45) is 0 Å². The normalized spacial score (nSPS) is 10.2. The number of halogens is 1. The van der Waals surface area contributed by atoms with Crippen LogP contribution >= 0.6 is 11.6 Å². The second-order valence-electron chi connectivity index (χ2n) is 4.53. The van der Waals surface area contributed by atoms with E-state index in [-0.39, 0.29) is 12.5 Å². The zero-order chi connectivity index (χ0) is 15.1. The molecule has 0 aliphatic heterocycles. The maximum atomic E-state index is 11.5. The van der Waals surface area contributed by atoms with Gasteiger partial charge in [-0.2, -0.15) is 0 Å². The van der Waals surface area contributed by atoms with E-state index in [4.69, 9.17) is 21.1 Å². The molecule has 1 N–H and O–H groups in total. The Morgan fingerprint density at radius 1 is 1.40 bits per heavy atom. The topological polar surface area (TPSA) is 50.8 Å². The van der Waals surface area contributed by atoms with Crippen molar-refractivity contribution in [2.45, 2.75) is 13.0 Å². The van der Waals surface area contributed by atoms with Crippen molar-refractivity contribution in [2.75, 3.05) is 34.9 Å². The molecule has 0 saturated heterocycles. The van der Waals surface area contributed by atoms with E-state index in [2.05, 4.69) is 5.32 Å². The maximum Gasteiger partial charge on any atom is 0.225 e. The van der Waals surface area contributed by atoms with Crippen molar-refractivity contribution >= 4 is 17.5 Å². The molecule has 20 heavy (non-hydrogen) atoms. The molecule has 0 atom stereocenters. The van der Waals surface area contributed by atoms with Gasteiger partial charge in [-0.15, -0.1) is 0 Å². The molecule has 0 unspecified atom stereocenters. The van der Waals surface area contributed by atoms with E-state index in [1.54, 1.807) is 21.2 Å². The fourth-order valence-electron chi connectivity index (χ4n) is 1.68. The molecule has 0 heterocycles. The van der Waals surface area contributed by atoms with Crippen molar-refractivity contribution in [1.29, 1.82) is 0 Å². The Morgan fingerprint density at radius 3 is 2.65 bits per heavy atom. The number of benzene rings is 1. The van der Waals surface area contributed by atoms with Crippen LogP contribution in [0.5, 0.6) is 11.5 Å². The van der Waals surface area contributed by atoms with E-state index in [0.717, 1.165) is 5.56 Å². The van der Waals surface area contributed by atoms with Gasteiger partial charge >= 0.3 is 0 Å². The zero-order valence-electron chi connectivity index (χ0n) is 12.3. The fraction of sp³-hybridized carbons (Fsp3) is 0.500. The summed E-state index contributed by atoms with van der Waals surface area (Å²) in [6, 6.07) is 3.69. The minimum absolute atomic E-state index is 0.00638. The summed E-state index contributed by atoms with van der Waals surface area (Å²) < 4.78 is 10.9. The highest BCUT2D eigenvalue weighted by atomic mass is 35.5. The minimum atomic E-state index is 0.00638. The fourth-order valence-corrected chi connectivity index (χ4v) is 1.97. The van der Waals surface area contributed by atoms with Crippen molar-refractivity contribution in [3.8, 4) is 11.5 Å². The van der Waals surface area contributed by atoms with Gasteiger partial charge < -0.3 is 19.7 Å². The number of carbonyl (C=O) groups is 1. The maximum absolute atomic E-state index is 11.5. The van der Waals surface area contributed by atoms with Crippen molar-refractivity contribution in [3.05, 3.63) is 22.7 Å². The van der Waals surface area contributed by atoms with Gasteiger partial charge in [-0.3, -0.25) is 4.79 Å². The molecule has 0 fully saturated rings. The summed E-state index contributed by atoms with van der Waals surface area (Å²) >= 11 is 6.20. The largest absolute Gasteiger partial charge is 0.493 e. The Balaban J connectivity index is 2.76. The Hall–Kier alpha value is -1.46. The molecule has 1 amide bonds. The molecular weight excluding hydrogens is 280 g/mol. The average molecular weight is 301 g/mol. The molecule has 0 spiro atoms. The smallest absolute Gasteiger partial charge is 0.225 e. The SMILES string of the molecule is CNCc1cc(Cl)c(OCCC(=O)N(C)C)c(OC)c1. The summed E-state index contributed by atoms with van der Waals surface area (Å²) in [5.74, 6) is 1.05. The van der Waals surface area contributed by atoms with Crippen LogP contribution in [-0.2, 0) is 11.3 Å². The third kappa shape index (κ3) is 4.58. The number of hydrogen-bond acceptors (Lipinski definition) is 4. The number of amides is 1. The lowest BCUT2D eigenvalue weighted by Crippen LogP contribution is -2.23. The molecule has 1 aromatic carbocycles. The number of nitrogens with one attached hydrogen (secondary N) is 1. The van der Waals surface area contributed by atoms with Gasteiger partial charge in [0.1, 0.15) is 0 Å². The number of rotatable bonds is 7. The van der Waals surface area contributed by atoms with Gasteiger partial charge in [0.2, 0.25) is 5.91 Å². The number of methoxy groups -OCH3 is 1. The van der Waals surface area contributed by atoms with Crippen LogP contribution in [0.3, 0.4) is 0 Å². The van der Waals surface area contributed by atoms with Crippen LogP contribution in [0.2, 0.25) is 5.02 Å². The van der Waals surface area contributed by atoms with Crippen LogP contribution in [0.4, 0.5) is 0 Å². The van der Waals surface area contributed by atoms with Crippen LogP contribution in [0.15, 0.2) is 12.1 Å². The molecule has 112 valence electrons. The summed E-state index contributed by atoms with van der Waals surface area (Å²) in [7, 11) is 6.84. The van der Waals surface area contributed by atoms with Gasteiger partial charge in [0.15, 0.2) is 11.5 Å². The van der Waals surface area contributed by atoms with Crippen LogP contribution in [0, 0.1) is 0 Å². The van der Waals surface area contributed by atoms with Gasteiger partial charge in [0, 0.05) is 20.6 Å². The number of ether oxygens (including phenoxy) is 2. The first kappa shape index (κ1) is 16.6. The van der Waals surface area contributed by atoms with E-state index in [0.29, 0.717) is 29.5 Å². The van der Waals surface area contributed by atoms with Gasteiger partial charge in [-0.1, -0.05) is 11.6 Å². The lowest BCUT2D eigenvalue weighted by atomic mass is 10.2. The van der Waals surface area contributed by atoms with E-state index < -0.39 is 0 Å². The van der Waals surface area contributed by atoms with Crippen LogP contribution < -0.4 is 14.8 Å². The first-order valence-corrected chi connectivity index (χ1v) is 6.71. The van der Waals surface area contributed by atoms with Crippen molar-refractivity contribution < 1.29 is 14.3 Å². The standard InChI is InChI=1S/C14H21ClN2O3/c1-16-9-10-7-11(15)14(12(8-10)19-4)20-6-5-13(18)17(2)3/h7-8,16H,5-6,9H2,1-4H3. The van der Waals surface area contributed by atoms with Crippen LogP contribution in [-0.4, -0.2) is 45.7 Å². The predicted molar refractivity (Wildman–Crippen MR) is 79.6 cm³/mol. The summed E-state index contributed by atoms with van der Waals surface area (Å²) in [5, 5.41) is 3.53. The van der Waals surface area contributed by atoms with Gasteiger partial charge in [0.25, 0.3) is 0 Å². The van der Waals surface area contributed by atoms with E-state index in [1.165, 1.54) is 4.90 Å². The Bertz CT molecular complexity index is 464. The lowest BCUT2D eigenvalue weighted by Gasteiger charge is -2.15. The van der Waals surface area contributed by atoms with E-state index >= 15 is 0 Å². The minimum Gasteiger partial charge on any atom is -0.493 e. The third-order valence-corrected chi connectivity index (χ3v) is 3.01. The molecule has 0 saturated carbocycles. The Kier molecular flexibility index (Phi) is 6.61. The van der Waals surface area contributed by atoms with Gasteiger partial charge in [0.05, 0.1) is 25.2 Å². The molecule has 0 aliphatic carbocycles. The Labute approximate surface area is 124 Å². The monoisotopic (exact) mass is 300 g/mol. The molecule has 0 aromatic heterocycles. The molecular formula is C14H21ClN2O3. The highest BCUT2D eigenvalue weighted by Crippen LogP contribution is 2.36. The molecule has 0 bridgehead atoms. The summed E-state index contributed by atoms with van der Waals surface area (Å²) in [5.41, 5.74) is 1.01. The zero-order valence-corrected chi connectivity index (χ0v) is 13.1. The number of carbonyl (C=O) groups excluding carboxylic acids is 1. The second kappa shape index (κ2) is 7.97. The Morgan fingerprint density at radius 2 is 2.10 bits per heavy atom. The second-order valence-corrected chi connectivity index (χ2v) is 4.93. The molecule has 1 aromatic rings. The molecule has 1 rings (SSSR count). The molecule has 6 heteroatoms. The van der Waals surface area contributed by atoms with Crippen LogP contribution in [0.25, 0.3) is 0 Å². The lowest BCUT2D eigenvalue weighted by molar-refractivity contribution is -0.129. The highest BCUT2D eigenvalue weighted by molar-refractivity contribution is 6.32.